The molecular formula is C20H25N4NaO7S2. The Morgan fingerprint density at radius 3 is 2.56 bits per heavy atom. The third-order valence-electron chi connectivity index (χ3n) is 6.21. The number of anilines is 1. The molecule has 2 saturated heterocycles. The summed E-state index contributed by atoms with van der Waals surface area (Å²) in [6.07, 6.45) is -0.853. The van der Waals surface area contributed by atoms with Crippen molar-refractivity contribution in [2.24, 2.45) is 11.8 Å². The third-order valence-corrected chi connectivity index (χ3v) is 8.57. The van der Waals surface area contributed by atoms with Crippen LogP contribution in [0.2, 0.25) is 0 Å². The molecule has 2 amide bonds. The van der Waals surface area contributed by atoms with Crippen molar-refractivity contribution in [3.05, 3.63) is 21.7 Å². The first kappa shape index (κ1) is 27.4. The number of thioether (sulfide) groups is 1. The van der Waals surface area contributed by atoms with Crippen molar-refractivity contribution in [1.82, 2.24) is 15.2 Å². The molecule has 4 N–H and O–H groups in total. The number of aliphatic hydroxyl groups is 3. The third kappa shape index (κ3) is 4.76. The molecule has 4 rings (SSSR count). The van der Waals surface area contributed by atoms with Gasteiger partial charge >= 0.3 is 29.6 Å². The predicted molar refractivity (Wildman–Crippen MR) is 118 cm³/mol. The van der Waals surface area contributed by atoms with Crippen molar-refractivity contribution in [3.8, 4) is 0 Å². The molecule has 4 atom stereocenters. The van der Waals surface area contributed by atoms with E-state index in [0.29, 0.717) is 23.1 Å². The minimum atomic E-state index is -1.39. The summed E-state index contributed by atoms with van der Waals surface area (Å²) in [5.74, 6) is -3.08. The van der Waals surface area contributed by atoms with Gasteiger partial charge in [0.2, 0.25) is 5.91 Å². The molecule has 0 aliphatic carbocycles. The first-order valence-corrected chi connectivity index (χ1v) is 12.3. The number of aliphatic carboxylic acids is 1. The molecule has 1 aromatic rings. The molecule has 0 saturated carbocycles. The van der Waals surface area contributed by atoms with Gasteiger partial charge in [0, 0.05) is 34.5 Å². The van der Waals surface area contributed by atoms with E-state index in [1.165, 1.54) is 34.9 Å². The van der Waals surface area contributed by atoms with E-state index in [0.717, 1.165) is 0 Å². The Balaban J connectivity index is 0.00000324. The van der Waals surface area contributed by atoms with Gasteiger partial charge in [-0.15, -0.1) is 23.1 Å². The number of fused-ring (bicyclic) bond motifs is 1. The first-order chi connectivity index (χ1) is 15.7. The Bertz CT molecular complexity index is 993. The molecule has 3 aliphatic rings. The number of carbonyl (C=O) groups excluding carboxylic acids is 3. The monoisotopic (exact) mass is 520 g/mol. The number of amides is 2. The van der Waals surface area contributed by atoms with Gasteiger partial charge in [-0.05, 0) is 6.92 Å². The van der Waals surface area contributed by atoms with Crippen LogP contribution in [0.25, 0.3) is 0 Å². The molecule has 4 heterocycles. The van der Waals surface area contributed by atoms with E-state index in [4.69, 9.17) is 10.2 Å². The van der Waals surface area contributed by atoms with Crippen LogP contribution >= 0.6 is 23.1 Å². The molecule has 34 heavy (non-hydrogen) atoms. The molecular weight excluding hydrogens is 495 g/mol. The Kier molecular flexibility index (Phi) is 8.72. The Morgan fingerprint density at radius 1 is 1.35 bits per heavy atom. The molecule has 1 aromatic heterocycles. The topological polar surface area (TPSA) is 166 Å². The summed E-state index contributed by atoms with van der Waals surface area (Å²) in [7, 11) is 0. The Morgan fingerprint density at radius 2 is 2.00 bits per heavy atom. The molecule has 2 fully saturated rings. The molecule has 0 radical (unpaired) electrons. The molecule has 14 heteroatoms. The molecule has 180 valence electrons. The van der Waals surface area contributed by atoms with Crippen LogP contribution in [0.5, 0.6) is 0 Å². The van der Waals surface area contributed by atoms with Gasteiger partial charge in [-0.25, -0.2) is 4.98 Å². The summed E-state index contributed by atoms with van der Waals surface area (Å²) in [5, 5.41) is 44.7. The number of carbonyl (C=O) groups is 3. The van der Waals surface area contributed by atoms with Crippen LogP contribution < -0.4 is 44.9 Å². The first-order valence-electron chi connectivity index (χ1n) is 10.5. The van der Waals surface area contributed by atoms with E-state index in [1.807, 2.05) is 11.8 Å². The van der Waals surface area contributed by atoms with Crippen LogP contribution in [0.3, 0.4) is 0 Å². The summed E-state index contributed by atoms with van der Waals surface area (Å²) in [5.41, 5.74) is 0.102. The van der Waals surface area contributed by atoms with Gasteiger partial charge < -0.3 is 40.3 Å². The summed E-state index contributed by atoms with van der Waals surface area (Å²) in [6.45, 7) is 3.82. The zero-order valence-corrected chi connectivity index (χ0v) is 22.6. The van der Waals surface area contributed by atoms with Crippen molar-refractivity contribution >= 4 is 46.0 Å². The van der Waals surface area contributed by atoms with Crippen LogP contribution in [-0.2, 0) is 9.59 Å². The molecule has 0 aromatic carbocycles. The molecule has 11 nitrogen and oxygen atoms in total. The normalized spacial score (nSPS) is 25.0. The van der Waals surface area contributed by atoms with Gasteiger partial charge in [0.15, 0.2) is 5.13 Å². The molecule has 3 aliphatic heterocycles. The fourth-order valence-corrected chi connectivity index (χ4v) is 6.78. The largest absolute Gasteiger partial charge is 1.00 e. The van der Waals surface area contributed by atoms with Crippen molar-refractivity contribution in [1.29, 1.82) is 0 Å². The fourth-order valence-electron chi connectivity index (χ4n) is 4.44. The number of hydrogen-bond acceptors (Lipinski definition) is 11. The standard InChI is InChI=1S/C20H26N4O7S2.Na/c1-8-14-13(9(2)27)18(29)24(14)15(19(30)31)16(8)33-11-3-23(4-11)20-22-12(7-32-20)17(28)21-10(5-25)6-26;/h7-11,13-14,25-27H,3-6H2,1-2H3,(H,21,28)(H,30,31);/q;+1/p-1/t8-,9-,13-,14-;/m1./s1. The summed E-state index contributed by atoms with van der Waals surface area (Å²) >= 11 is 2.70. The van der Waals surface area contributed by atoms with Gasteiger partial charge in [0.1, 0.15) is 5.69 Å². The number of hydrogen-bond donors (Lipinski definition) is 4. The maximum atomic E-state index is 12.4. The smallest absolute Gasteiger partial charge is 0.543 e. The van der Waals surface area contributed by atoms with Gasteiger partial charge in [-0.2, -0.15) is 0 Å². The number of nitrogens with one attached hydrogen (secondary N) is 1. The van der Waals surface area contributed by atoms with Crippen molar-refractivity contribution in [3.63, 3.8) is 0 Å². The molecule has 0 unspecified atom stereocenters. The van der Waals surface area contributed by atoms with E-state index < -0.39 is 29.9 Å². The summed E-state index contributed by atoms with van der Waals surface area (Å²) < 4.78 is 0. The summed E-state index contributed by atoms with van der Waals surface area (Å²) in [6, 6.07) is -1.12. The fraction of sp³-hybridized carbons (Fsp3) is 0.600. The predicted octanol–water partition coefficient (Wildman–Crippen LogP) is -5.03. The van der Waals surface area contributed by atoms with E-state index in [9.17, 15) is 24.6 Å². The van der Waals surface area contributed by atoms with Crippen molar-refractivity contribution in [2.75, 3.05) is 31.2 Å². The number of carboxylic acid groups (broad SMARTS) is 1. The zero-order chi connectivity index (χ0) is 24.0. The number of aromatic nitrogens is 1. The maximum absolute atomic E-state index is 12.4. The second kappa shape index (κ2) is 10.8. The van der Waals surface area contributed by atoms with Crippen molar-refractivity contribution in [2.45, 2.75) is 37.3 Å². The maximum Gasteiger partial charge on any atom is 1.00 e. The second-order valence-corrected chi connectivity index (χ2v) is 10.6. The van der Waals surface area contributed by atoms with E-state index in [1.54, 1.807) is 5.38 Å². The minimum absolute atomic E-state index is 0. The summed E-state index contributed by atoms with van der Waals surface area (Å²) in [4.78, 5) is 44.5. The Hall–Kier alpha value is -1.19. The quantitative estimate of drug-likeness (QED) is 0.183. The SMILES string of the molecule is C[C@@H](O)[C@H]1C(=O)N2C(C(=O)[O-])=C(SC3CN(c4nc(C(=O)NC(CO)CO)cs4)C3)[C@H](C)[C@H]12.[Na+]. The van der Waals surface area contributed by atoms with Crippen LogP contribution in [0.1, 0.15) is 24.3 Å². The van der Waals surface area contributed by atoms with Gasteiger partial charge in [-0.3, -0.25) is 9.59 Å². The number of rotatable bonds is 9. The average molecular weight is 521 g/mol. The van der Waals surface area contributed by atoms with E-state index in [2.05, 4.69) is 10.3 Å². The number of carboxylic acids is 1. The number of aliphatic hydroxyl groups excluding tert-OH is 3. The van der Waals surface area contributed by atoms with Crippen LogP contribution in [0, 0.1) is 11.8 Å². The van der Waals surface area contributed by atoms with Crippen LogP contribution in [0.4, 0.5) is 5.13 Å². The van der Waals surface area contributed by atoms with Gasteiger partial charge in [0.05, 0.1) is 49.0 Å². The minimum Gasteiger partial charge on any atom is -0.543 e. The van der Waals surface area contributed by atoms with Crippen LogP contribution in [0.15, 0.2) is 16.0 Å². The van der Waals surface area contributed by atoms with E-state index in [-0.39, 0.29) is 77.3 Å². The number of nitrogens with zero attached hydrogens (tertiary/aromatic N) is 3. The van der Waals surface area contributed by atoms with Crippen LogP contribution in [-0.4, -0.2) is 92.7 Å². The number of thiazole rings is 1. The van der Waals surface area contributed by atoms with Gasteiger partial charge in [-0.1, -0.05) is 6.92 Å². The zero-order valence-electron chi connectivity index (χ0n) is 19.0. The molecule has 0 spiro atoms. The van der Waals surface area contributed by atoms with Crippen molar-refractivity contribution < 1.29 is 64.4 Å². The van der Waals surface area contributed by atoms with Gasteiger partial charge in [0.25, 0.3) is 5.91 Å². The second-order valence-electron chi connectivity index (χ2n) is 8.45. The molecule has 0 bridgehead atoms. The number of β-lactam (4-membered cyclic amide) rings is 1. The van der Waals surface area contributed by atoms with E-state index >= 15 is 0 Å². The average Bonchev–Trinajstić information content (AvgIpc) is 3.30. The Labute approximate surface area is 226 Å².